The van der Waals surface area contributed by atoms with Crippen molar-refractivity contribution in [3.63, 3.8) is 0 Å². The van der Waals surface area contributed by atoms with Crippen LogP contribution >= 0.6 is 0 Å². The first-order valence-corrected chi connectivity index (χ1v) is 15.2. The molecule has 9 rings (SSSR count). The van der Waals surface area contributed by atoms with Crippen molar-refractivity contribution in [3.8, 4) is 5.75 Å². The number of carbonyl (C=O) groups is 4. The quantitative estimate of drug-likeness (QED) is 0.0988. The predicted molar refractivity (Wildman–Crippen MR) is 166 cm³/mol. The van der Waals surface area contributed by atoms with E-state index in [4.69, 9.17) is 4.74 Å². The van der Waals surface area contributed by atoms with Crippen LogP contribution in [0, 0.1) is 34.8 Å². The van der Waals surface area contributed by atoms with Crippen LogP contribution in [0.15, 0.2) is 91.0 Å². The molecular formula is C36H27N3O7. The number of nitro groups is 1. The van der Waals surface area contributed by atoms with E-state index < -0.39 is 28.6 Å². The normalized spacial score (nSPS) is 24.1. The van der Waals surface area contributed by atoms with E-state index in [9.17, 15) is 29.3 Å². The van der Waals surface area contributed by atoms with E-state index >= 15 is 0 Å². The summed E-state index contributed by atoms with van der Waals surface area (Å²) in [7, 11) is 0. The summed E-state index contributed by atoms with van der Waals surface area (Å²) >= 11 is 0. The van der Waals surface area contributed by atoms with E-state index in [0.29, 0.717) is 16.9 Å². The maximum absolute atomic E-state index is 14.1. The number of carbonyl (C=O) groups excluding carboxylic acids is 4. The van der Waals surface area contributed by atoms with Crippen molar-refractivity contribution >= 4 is 40.8 Å². The van der Waals surface area contributed by atoms with Gasteiger partial charge in [-0.05, 0) is 47.4 Å². The molecule has 5 aliphatic rings. The Labute approximate surface area is 263 Å². The number of amides is 3. The highest BCUT2D eigenvalue weighted by atomic mass is 16.6. The summed E-state index contributed by atoms with van der Waals surface area (Å²) in [5.74, 6) is -3.75. The van der Waals surface area contributed by atoms with E-state index in [2.05, 4.69) is 24.3 Å². The van der Waals surface area contributed by atoms with Crippen molar-refractivity contribution in [2.45, 2.75) is 25.2 Å². The van der Waals surface area contributed by atoms with Gasteiger partial charge in [0, 0.05) is 42.5 Å². The Bertz CT molecular complexity index is 1910. The molecule has 0 radical (unpaired) electrons. The number of imide groups is 1. The van der Waals surface area contributed by atoms with Gasteiger partial charge in [-0.1, -0.05) is 60.7 Å². The van der Waals surface area contributed by atoms with E-state index in [0.717, 1.165) is 22.3 Å². The third-order valence-electron chi connectivity index (χ3n) is 9.90. The minimum atomic E-state index is -0.804. The maximum Gasteiger partial charge on any atom is 0.316 e. The number of benzene rings is 4. The number of hydrogen-bond donors (Lipinski definition) is 0. The number of aryl methyl sites for hydroxylation is 1. The summed E-state index contributed by atoms with van der Waals surface area (Å²) in [6, 6.07) is 26.9. The van der Waals surface area contributed by atoms with Crippen LogP contribution in [0.2, 0.25) is 0 Å². The molecule has 4 aromatic rings. The van der Waals surface area contributed by atoms with Gasteiger partial charge in [0.05, 0.1) is 34.1 Å². The van der Waals surface area contributed by atoms with Crippen LogP contribution in [-0.4, -0.2) is 35.2 Å². The van der Waals surface area contributed by atoms with E-state index in [1.54, 1.807) is 37.3 Å². The largest absolute Gasteiger partial charge is 0.426 e. The average Bonchev–Trinajstić information content (AvgIpc) is 3.58. The third kappa shape index (κ3) is 4.02. The lowest BCUT2D eigenvalue weighted by atomic mass is 9.55. The topological polar surface area (TPSA) is 127 Å². The van der Waals surface area contributed by atoms with Gasteiger partial charge in [-0.15, -0.1) is 0 Å². The van der Waals surface area contributed by atoms with Gasteiger partial charge in [0.25, 0.3) is 5.69 Å². The summed E-state index contributed by atoms with van der Waals surface area (Å²) in [6.07, 6.45) is -0.115. The van der Waals surface area contributed by atoms with Gasteiger partial charge in [0.1, 0.15) is 5.75 Å². The molecule has 46 heavy (non-hydrogen) atoms. The van der Waals surface area contributed by atoms with Gasteiger partial charge in [0.15, 0.2) is 0 Å². The van der Waals surface area contributed by atoms with Gasteiger partial charge >= 0.3 is 5.97 Å². The number of rotatable bonds is 5. The van der Waals surface area contributed by atoms with E-state index in [1.165, 1.54) is 21.9 Å². The van der Waals surface area contributed by atoms with Crippen molar-refractivity contribution < 1.29 is 28.8 Å². The van der Waals surface area contributed by atoms with Crippen molar-refractivity contribution in [2.75, 3.05) is 16.3 Å². The first kappa shape index (κ1) is 27.9. The fourth-order valence-corrected chi connectivity index (χ4v) is 7.89. The minimum Gasteiger partial charge on any atom is -0.426 e. The second-order valence-corrected chi connectivity index (χ2v) is 12.3. The van der Waals surface area contributed by atoms with Crippen LogP contribution in [0.25, 0.3) is 0 Å². The van der Waals surface area contributed by atoms with E-state index in [-0.39, 0.29) is 54.0 Å². The zero-order chi connectivity index (χ0) is 31.9. The second-order valence-electron chi connectivity index (χ2n) is 12.3. The Hall–Kier alpha value is -5.64. The Kier molecular flexibility index (Phi) is 6.18. The van der Waals surface area contributed by atoms with Crippen LogP contribution < -0.4 is 14.5 Å². The van der Waals surface area contributed by atoms with Crippen molar-refractivity contribution in [1.29, 1.82) is 0 Å². The van der Waals surface area contributed by atoms with Gasteiger partial charge < -0.3 is 9.64 Å². The standard InChI is InChI=1S/C36H27N3O7/c1-19-13-14-21(17-28(19)39(44)45)37-18-20(15-29(37)40)36(43)46-23-8-6-7-22(16-23)38-34(41)32-30-24-9-2-3-10-25(24)31(33(32)35(38)42)27-12-5-4-11-26(27)30/h2-14,16-17,20,30-33H,15,18H2,1H3/t20-,30?,31?,32-,33-/m1/s1. The Morgan fingerprint density at radius 2 is 1.37 bits per heavy atom. The molecular weight excluding hydrogens is 586 g/mol. The minimum absolute atomic E-state index is 0.00786. The van der Waals surface area contributed by atoms with Gasteiger partial charge in [0.2, 0.25) is 17.7 Å². The molecule has 0 saturated carbocycles. The van der Waals surface area contributed by atoms with Gasteiger partial charge in [-0.3, -0.25) is 29.3 Å². The third-order valence-corrected chi connectivity index (χ3v) is 9.90. The SMILES string of the molecule is Cc1ccc(N2C[C@H](C(=O)Oc3cccc(N4C(=O)[C@@H]5C6c7ccccc7C(c7ccccc76)[C@H]5C4=O)c3)CC2=O)cc1[N+](=O)[O-]. The van der Waals surface area contributed by atoms with Crippen LogP contribution in [-0.2, 0) is 19.2 Å². The molecule has 228 valence electrons. The molecule has 3 atom stereocenters. The first-order valence-electron chi connectivity index (χ1n) is 15.2. The number of hydrogen-bond acceptors (Lipinski definition) is 7. The molecule has 10 heteroatoms. The van der Waals surface area contributed by atoms with Crippen LogP contribution in [0.4, 0.5) is 17.1 Å². The number of ether oxygens (including phenoxy) is 1. The van der Waals surface area contributed by atoms with Crippen LogP contribution in [0.3, 0.4) is 0 Å². The van der Waals surface area contributed by atoms with Crippen molar-refractivity contribution in [3.05, 3.63) is 129 Å². The Morgan fingerprint density at radius 3 is 1.93 bits per heavy atom. The Balaban J connectivity index is 1.04. The number of nitrogens with zero attached hydrogens (tertiary/aromatic N) is 3. The summed E-state index contributed by atoms with van der Waals surface area (Å²) in [5, 5.41) is 11.4. The predicted octanol–water partition coefficient (Wildman–Crippen LogP) is 5.26. The molecule has 2 bridgehead atoms. The van der Waals surface area contributed by atoms with Gasteiger partial charge in [-0.25, -0.2) is 4.90 Å². The van der Waals surface area contributed by atoms with Crippen LogP contribution in [0.5, 0.6) is 5.75 Å². The monoisotopic (exact) mass is 613 g/mol. The molecule has 0 spiro atoms. The van der Waals surface area contributed by atoms with Crippen LogP contribution in [0.1, 0.15) is 46.1 Å². The van der Waals surface area contributed by atoms with E-state index in [1.807, 2.05) is 24.3 Å². The summed E-state index contributed by atoms with van der Waals surface area (Å²) in [5.41, 5.74) is 5.34. The lowest BCUT2D eigenvalue weighted by molar-refractivity contribution is -0.385. The molecule has 10 nitrogen and oxygen atoms in total. The fourth-order valence-electron chi connectivity index (χ4n) is 7.89. The molecule has 4 aromatic carbocycles. The highest BCUT2D eigenvalue weighted by Crippen LogP contribution is 2.61. The molecule has 3 amide bonds. The maximum atomic E-state index is 14.1. The summed E-state index contributed by atoms with van der Waals surface area (Å²) < 4.78 is 5.68. The molecule has 2 fully saturated rings. The molecule has 2 aliphatic heterocycles. The summed E-state index contributed by atoms with van der Waals surface area (Å²) in [4.78, 5) is 67.7. The number of anilines is 2. The highest BCUT2D eigenvalue weighted by molar-refractivity contribution is 6.23. The van der Waals surface area contributed by atoms with Crippen molar-refractivity contribution in [2.24, 2.45) is 17.8 Å². The molecule has 0 unspecified atom stereocenters. The molecule has 2 saturated heterocycles. The average molecular weight is 614 g/mol. The lowest BCUT2D eigenvalue weighted by Crippen LogP contribution is -2.41. The highest BCUT2D eigenvalue weighted by Gasteiger charge is 2.61. The molecule has 0 aromatic heterocycles. The van der Waals surface area contributed by atoms with Crippen molar-refractivity contribution in [1.82, 2.24) is 0 Å². The molecule has 3 aliphatic carbocycles. The van der Waals surface area contributed by atoms with Gasteiger partial charge in [-0.2, -0.15) is 0 Å². The fraction of sp³-hybridized carbons (Fsp3) is 0.222. The number of nitro benzene ring substituents is 1. The second kappa shape index (κ2) is 10.2. The smallest absolute Gasteiger partial charge is 0.316 e. The first-order chi connectivity index (χ1) is 22.2. The zero-order valence-corrected chi connectivity index (χ0v) is 24.7. The number of esters is 1. The zero-order valence-electron chi connectivity index (χ0n) is 24.7. The molecule has 0 N–H and O–H groups in total. The lowest BCUT2D eigenvalue weighted by Gasteiger charge is -2.45. The molecule has 2 heterocycles. The Morgan fingerprint density at radius 1 is 0.783 bits per heavy atom. The summed E-state index contributed by atoms with van der Waals surface area (Å²) in [6.45, 7) is 1.62.